The van der Waals surface area contributed by atoms with Gasteiger partial charge in [-0.25, -0.2) is 4.98 Å². The van der Waals surface area contributed by atoms with Crippen molar-refractivity contribution in [2.45, 2.75) is 31.7 Å². The Hall–Kier alpha value is -2.36. The number of fused-ring (bicyclic) bond motifs is 1. The Morgan fingerprint density at radius 2 is 2.05 bits per heavy atom. The second-order valence-electron chi connectivity index (χ2n) is 5.60. The summed E-state index contributed by atoms with van der Waals surface area (Å²) in [5.74, 6) is 0.539. The van der Waals surface area contributed by atoms with Gasteiger partial charge in [-0.3, -0.25) is 4.79 Å². The zero-order valence-corrected chi connectivity index (χ0v) is 12.7. The van der Waals surface area contributed by atoms with Crippen molar-refractivity contribution in [3.63, 3.8) is 0 Å². The summed E-state index contributed by atoms with van der Waals surface area (Å²) >= 11 is 0. The molecule has 2 aromatic rings. The molecule has 1 aromatic carbocycles. The third kappa shape index (κ3) is 3.27. The highest BCUT2D eigenvalue weighted by atomic mass is 16.5. The van der Waals surface area contributed by atoms with Crippen molar-refractivity contribution in [1.29, 1.82) is 0 Å². The third-order valence-corrected chi connectivity index (χ3v) is 4.04. The molecule has 0 radical (unpaired) electrons. The number of hydrogen-bond donors (Lipinski definition) is 1. The first kappa shape index (κ1) is 14.6. The number of benzene rings is 1. The van der Waals surface area contributed by atoms with Crippen molar-refractivity contribution in [2.24, 2.45) is 0 Å². The van der Waals surface area contributed by atoms with Crippen LogP contribution in [0.25, 0.3) is 0 Å². The number of pyridine rings is 1. The van der Waals surface area contributed by atoms with E-state index in [1.54, 1.807) is 19.2 Å². The average molecular weight is 296 g/mol. The number of methoxy groups -OCH3 is 1. The van der Waals surface area contributed by atoms with E-state index in [9.17, 15) is 4.79 Å². The van der Waals surface area contributed by atoms with Crippen molar-refractivity contribution in [3.05, 3.63) is 59.3 Å². The molecule has 0 aliphatic carbocycles. The van der Waals surface area contributed by atoms with E-state index in [1.807, 2.05) is 6.07 Å². The van der Waals surface area contributed by atoms with Gasteiger partial charge in [0.15, 0.2) is 0 Å². The molecule has 1 aliphatic heterocycles. The molecule has 1 aliphatic rings. The smallest absolute Gasteiger partial charge is 0.253 e. The van der Waals surface area contributed by atoms with Crippen LogP contribution in [0.3, 0.4) is 0 Å². The van der Waals surface area contributed by atoms with E-state index in [1.165, 1.54) is 5.56 Å². The van der Waals surface area contributed by atoms with Crippen LogP contribution in [0, 0.1) is 0 Å². The highest BCUT2D eigenvalue weighted by molar-refractivity contribution is 5.96. The Bertz CT molecular complexity index is 655. The standard InChI is InChI=1S/C18H20N2O2/c1-22-17-11-10-15-16(20-17)12-14(19-18(15)21)9-5-8-13-6-3-2-4-7-13/h2-4,6-7,10-11,14H,5,8-9,12H2,1H3,(H,19,21). The number of carbonyl (C=O) groups excluding carboxylic acids is 1. The molecule has 1 unspecified atom stereocenters. The van der Waals surface area contributed by atoms with Crippen LogP contribution < -0.4 is 10.1 Å². The Balaban J connectivity index is 1.61. The summed E-state index contributed by atoms with van der Waals surface area (Å²) in [7, 11) is 1.59. The maximum atomic E-state index is 12.1. The first-order valence-electron chi connectivity index (χ1n) is 7.65. The number of hydrogen-bond acceptors (Lipinski definition) is 3. The molecular weight excluding hydrogens is 276 g/mol. The van der Waals surface area contributed by atoms with E-state index >= 15 is 0 Å². The Labute approximate surface area is 130 Å². The lowest BCUT2D eigenvalue weighted by Crippen LogP contribution is -2.41. The van der Waals surface area contributed by atoms with Crippen molar-refractivity contribution in [1.82, 2.24) is 10.3 Å². The first-order chi connectivity index (χ1) is 10.8. The number of nitrogens with one attached hydrogen (secondary N) is 1. The molecular formula is C18H20N2O2. The topological polar surface area (TPSA) is 51.2 Å². The Morgan fingerprint density at radius 3 is 2.82 bits per heavy atom. The summed E-state index contributed by atoms with van der Waals surface area (Å²) in [6.07, 6.45) is 3.81. The van der Waals surface area contributed by atoms with Crippen molar-refractivity contribution < 1.29 is 9.53 Å². The maximum Gasteiger partial charge on any atom is 0.253 e. The van der Waals surface area contributed by atoms with Gasteiger partial charge in [0.25, 0.3) is 5.91 Å². The quantitative estimate of drug-likeness (QED) is 0.923. The number of nitrogens with zero attached hydrogens (tertiary/aromatic N) is 1. The highest BCUT2D eigenvalue weighted by Gasteiger charge is 2.25. The van der Waals surface area contributed by atoms with Gasteiger partial charge in [0.2, 0.25) is 5.88 Å². The fourth-order valence-electron chi connectivity index (χ4n) is 2.88. The van der Waals surface area contributed by atoms with Crippen molar-refractivity contribution >= 4 is 5.91 Å². The second-order valence-corrected chi connectivity index (χ2v) is 5.60. The average Bonchev–Trinajstić information content (AvgIpc) is 2.55. The molecule has 2 heterocycles. The van der Waals surface area contributed by atoms with Gasteiger partial charge in [-0.2, -0.15) is 0 Å². The fourth-order valence-corrected chi connectivity index (χ4v) is 2.88. The van der Waals surface area contributed by atoms with Crippen LogP contribution in [0.1, 0.15) is 34.5 Å². The third-order valence-electron chi connectivity index (χ3n) is 4.04. The molecule has 22 heavy (non-hydrogen) atoms. The molecule has 1 aromatic heterocycles. The predicted molar refractivity (Wildman–Crippen MR) is 85.1 cm³/mol. The normalized spacial score (nSPS) is 16.8. The minimum absolute atomic E-state index is 0.0267. The van der Waals surface area contributed by atoms with E-state index in [0.29, 0.717) is 11.4 Å². The summed E-state index contributed by atoms with van der Waals surface area (Å²) in [4.78, 5) is 16.6. The summed E-state index contributed by atoms with van der Waals surface area (Å²) < 4.78 is 5.15. The van der Waals surface area contributed by atoms with E-state index in [-0.39, 0.29) is 11.9 Å². The lowest BCUT2D eigenvalue weighted by atomic mass is 9.95. The van der Waals surface area contributed by atoms with Crippen molar-refractivity contribution in [2.75, 3.05) is 7.11 Å². The maximum absolute atomic E-state index is 12.1. The molecule has 4 heteroatoms. The molecule has 1 N–H and O–H groups in total. The molecule has 1 amide bonds. The number of ether oxygens (including phenoxy) is 1. The minimum atomic E-state index is -0.0267. The number of amides is 1. The monoisotopic (exact) mass is 296 g/mol. The van der Waals surface area contributed by atoms with Crippen LogP contribution >= 0.6 is 0 Å². The molecule has 0 saturated carbocycles. The molecule has 1 atom stereocenters. The van der Waals surface area contributed by atoms with Gasteiger partial charge in [-0.05, 0) is 30.9 Å². The molecule has 0 fully saturated rings. The number of carbonyl (C=O) groups is 1. The Kier molecular flexibility index (Phi) is 4.37. The first-order valence-corrected chi connectivity index (χ1v) is 7.65. The SMILES string of the molecule is COc1ccc2c(n1)CC(CCCc1ccccc1)NC2=O. The molecule has 4 nitrogen and oxygen atoms in total. The van der Waals surface area contributed by atoms with Gasteiger partial charge >= 0.3 is 0 Å². The van der Waals surface area contributed by atoms with Crippen LogP contribution in [0.5, 0.6) is 5.88 Å². The molecule has 0 spiro atoms. The van der Waals surface area contributed by atoms with Gasteiger partial charge in [-0.15, -0.1) is 0 Å². The van der Waals surface area contributed by atoms with Gasteiger partial charge in [0.05, 0.1) is 18.4 Å². The summed E-state index contributed by atoms with van der Waals surface area (Å²) in [5.41, 5.74) is 2.85. The largest absolute Gasteiger partial charge is 0.481 e. The molecule has 114 valence electrons. The van der Waals surface area contributed by atoms with Crippen LogP contribution in [0.4, 0.5) is 0 Å². The van der Waals surface area contributed by atoms with E-state index in [2.05, 4.69) is 34.6 Å². The zero-order valence-electron chi connectivity index (χ0n) is 12.7. The lowest BCUT2D eigenvalue weighted by Gasteiger charge is -2.25. The molecule has 0 bridgehead atoms. The summed E-state index contributed by atoms with van der Waals surface area (Å²) in [6.45, 7) is 0. The fraction of sp³-hybridized carbons (Fsp3) is 0.333. The van der Waals surface area contributed by atoms with Crippen LogP contribution in [0.2, 0.25) is 0 Å². The van der Waals surface area contributed by atoms with E-state index in [0.717, 1.165) is 31.4 Å². The minimum Gasteiger partial charge on any atom is -0.481 e. The van der Waals surface area contributed by atoms with Crippen LogP contribution in [-0.4, -0.2) is 24.0 Å². The Morgan fingerprint density at radius 1 is 1.23 bits per heavy atom. The lowest BCUT2D eigenvalue weighted by molar-refractivity contribution is 0.0921. The van der Waals surface area contributed by atoms with Gasteiger partial charge in [0, 0.05) is 18.5 Å². The van der Waals surface area contributed by atoms with E-state index < -0.39 is 0 Å². The molecule has 3 rings (SSSR count). The summed E-state index contributed by atoms with van der Waals surface area (Å²) in [5, 5.41) is 3.08. The molecule has 0 saturated heterocycles. The van der Waals surface area contributed by atoms with Crippen molar-refractivity contribution in [3.8, 4) is 5.88 Å². The van der Waals surface area contributed by atoms with Gasteiger partial charge in [-0.1, -0.05) is 30.3 Å². The van der Waals surface area contributed by atoms with Crippen LogP contribution in [0.15, 0.2) is 42.5 Å². The number of rotatable bonds is 5. The van der Waals surface area contributed by atoms with Crippen LogP contribution in [-0.2, 0) is 12.8 Å². The number of aryl methyl sites for hydroxylation is 1. The summed E-state index contributed by atoms with van der Waals surface area (Å²) in [6, 6.07) is 14.1. The highest BCUT2D eigenvalue weighted by Crippen LogP contribution is 2.20. The van der Waals surface area contributed by atoms with Gasteiger partial charge < -0.3 is 10.1 Å². The zero-order chi connectivity index (χ0) is 15.4. The van der Waals surface area contributed by atoms with Gasteiger partial charge in [0.1, 0.15) is 0 Å². The number of aromatic nitrogens is 1. The van der Waals surface area contributed by atoms with E-state index in [4.69, 9.17) is 4.74 Å². The second kappa shape index (κ2) is 6.60. The predicted octanol–water partition coefficient (Wildman–Crippen LogP) is 2.77.